The number of alkyl halides is 3. The Labute approximate surface area is 110 Å². The topological polar surface area (TPSA) is 29.3 Å². The molecular formula is C12H16ClF3N2. The molecule has 0 aromatic heterocycles. The van der Waals surface area contributed by atoms with Crippen LogP contribution in [-0.2, 0) is 6.42 Å². The van der Waals surface area contributed by atoms with Gasteiger partial charge in [-0.15, -0.1) is 0 Å². The van der Waals surface area contributed by atoms with Gasteiger partial charge in [-0.25, -0.2) is 0 Å². The van der Waals surface area contributed by atoms with Crippen LogP contribution in [0, 0.1) is 0 Å². The van der Waals surface area contributed by atoms with E-state index >= 15 is 0 Å². The van der Waals surface area contributed by atoms with E-state index in [4.69, 9.17) is 17.3 Å². The maximum absolute atomic E-state index is 12.4. The molecule has 0 spiro atoms. The molecule has 1 unspecified atom stereocenters. The predicted octanol–water partition coefficient (Wildman–Crippen LogP) is 3.23. The second kappa shape index (κ2) is 5.80. The van der Waals surface area contributed by atoms with Crippen molar-refractivity contribution in [3.63, 3.8) is 0 Å². The fraction of sp³-hybridized carbons (Fsp3) is 0.500. The molecular weight excluding hydrogens is 265 g/mol. The van der Waals surface area contributed by atoms with Gasteiger partial charge in [0.15, 0.2) is 0 Å². The molecule has 0 saturated carbocycles. The lowest BCUT2D eigenvalue weighted by atomic mass is 10.0. The summed E-state index contributed by atoms with van der Waals surface area (Å²) in [4.78, 5) is 1.14. The Balaban J connectivity index is 3.00. The van der Waals surface area contributed by atoms with E-state index in [0.717, 1.165) is 10.5 Å². The lowest BCUT2D eigenvalue weighted by molar-refractivity contribution is -0.119. The summed E-state index contributed by atoms with van der Waals surface area (Å²) in [5.41, 5.74) is 6.92. The van der Waals surface area contributed by atoms with Crippen molar-refractivity contribution in [1.82, 2.24) is 0 Å². The van der Waals surface area contributed by atoms with Crippen LogP contribution >= 0.6 is 11.6 Å². The van der Waals surface area contributed by atoms with Crippen molar-refractivity contribution < 1.29 is 13.2 Å². The minimum absolute atomic E-state index is 0.121. The molecule has 0 bridgehead atoms. The molecule has 0 radical (unpaired) electrons. The molecule has 0 saturated heterocycles. The molecule has 102 valence electrons. The number of halogens is 4. The highest BCUT2D eigenvalue weighted by atomic mass is 35.5. The zero-order valence-electron chi connectivity index (χ0n) is 10.3. The Morgan fingerprint density at radius 3 is 2.50 bits per heavy atom. The van der Waals surface area contributed by atoms with Gasteiger partial charge in [0, 0.05) is 23.8 Å². The molecule has 0 aliphatic heterocycles. The lowest BCUT2D eigenvalue weighted by Gasteiger charge is -2.24. The monoisotopic (exact) mass is 280 g/mol. The van der Waals surface area contributed by atoms with Crippen LogP contribution in [-0.4, -0.2) is 25.8 Å². The van der Waals surface area contributed by atoms with Crippen LogP contribution in [0.1, 0.15) is 12.5 Å². The normalized spacial score (nSPS) is 13.5. The predicted molar refractivity (Wildman–Crippen MR) is 68.1 cm³/mol. The van der Waals surface area contributed by atoms with E-state index < -0.39 is 12.7 Å². The lowest BCUT2D eigenvalue weighted by Crippen LogP contribution is -2.32. The fourth-order valence-corrected chi connectivity index (χ4v) is 1.93. The number of nitrogens with two attached hydrogens (primary N) is 1. The van der Waals surface area contributed by atoms with Gasteiger partial charge in [-0.3, -0.25) is 0 Å². The van der Waals surface area contributed by atoms with Gasteiger partial charge in [-0.2, -0.15) is 13.2 Å². The molecule has 18 heavy (non-hydrogen) atoms. The number of anilines is 1. The number of rotatable bonds is 4. The molecule has 2 nitrogen and oxygen atoms in total. The highest BCUT2D eigenvalue weighted by Crippen LogP contribution is 2.27. The smallest absolute Gasteiger partial charge is 0.365 e. The van der Waals surface area contributed by atoms with E-state index in [1.165, 1.54) is 13.1 Å². The molecule has 6 heteroatoms. The summed E-state index contributed by atoms with van der Waals surface area (Å²) in [7, 11) is 1.39. The Morgan fingerprint density at radius 1 is 1.39 bits per heavy atom. The summed E-state index contributed by atoms with van der Waals surface area (Å²) in [5.74, 6) is 0. The first-order valence-electron chi connectivity index (χ1n) is 5.51. The van der Waals surface area contributed by atoms with Crippen molar-refractivity contribution in [1.29, 1.82) is 0 Å². The standard InChI is InChI=1S/C12H16ClF3N2/c1-8(17)5-9-3-4-10(13)6-11(9)18(2)7-12(14,15)16/h3-4,6,8H,5,7,17H2,1-2H3. The molecule has 0 amide bonds. The van der Waals surface area contributed by atoms with Crippen molar-refractivity contribution in [2.45, 2.75) is 25.6 Å². The van der Waals surface area contributed by atoms with Gasteiger partial charge in [0.25, 0.3) is 0 Å². The van der Waals surface area contributed by atoms with Gasteiger partial charge in [-0.05, 0) is 31.0 Å². The maximum atomic E-state index is 12.4. The summed E-state index contributed by atoms with van der Waals surface area (Å²) in [5, 5.41) is 0.410. The SMILES string of the molecule is CC(N)Cc1ccc(Cl)cc1N(C)CC(F)(F)F. The fourth-order valence-electron chi connectivity index (χ4n) is 1.77. The second-order valence-corrected chi connectivity index (χ2v) is 4.86. The van der Waals surface area contributed by atoms with Crippen LogP contribution in [0.4, 0.5) is 18.9 Å². The Morgan fingerprint density at radius 2 is 2.00 bits per heavy atom. The van der Waals surface area contributed by atoms with Crippen LogP contribution in [0.5, 0.6) is 0 Å². The molecule has 0 aliphatic carbocycles. The van der Waals surface area contributed by atoms with Gasteiger partial charge in [0.05, 0.1) is 0 Å². The highest BCUT2D eigenvalue weighted by molar-refractivity contribution is 6.30. The molecule has 2 N–H and O–H groups in total. The summed E-state index contributed by atoms with van der Waals surface area (Å²) >= 11 is 5.83. The van der Waals surface area contributed by atoms with E-state index in [1.807, 2.05) is 6.92 Å². The van der Waals surface area contributed by atoms with Crippen LogP contribution < -0.4 is 10.6 Å². The van der Waals surface area contributed by atoms with Crippen LogP contribution in [0.3, 0.4) is 0 Å². The zero-order chi connectivity index (χ0) is 13.9. The first-order chi connectivity index (χ1) is 8.19. The summed E-state index contributed by atoms with van der Waals surface area (Å²) in [6.45, 7) is 0.793. The third-order valence-electron chi connectivity index (χ3n) is 2.42. The molecule has 0 fully saturated rings. The number of hydrogen-bond acceptors (Lipinski definition) is 2. The molecule has 0 heterocycles. The first-order valence-corrected chi connectivity index (χ1v) is 5.89. The van der Waals surface area contributed by atoms with E-state index in [0.29, 0.717) is 17.1 Å². The first kappa shape index (κ1) is 15.1. The second-order valence-electron chi connectivity index (χ2n) is 4.43. The van der Waals surface area contributed by atoms with E-state index in [9.17, 15) is 13.2 Å². The van der Waals surface area contributed by atoms with E-state index in [-0.39, 0.29) is 6.04 Å². The Kier molecular flexibility index (Phi) is 4.87. The minimum atomic E-state index is -4.25. The van der Waals surface area contributed by atoms with Crippen LogP contribution in [0.25, 0.3) is 0 Å². The molecule has 1 rings (SSSR count). The van der Waals surface area contributed by atoms with Gasteiger partial charge in [-0.1, -0.05) is 17.7 Å². The van der Waals surface area contributed by atoms with Crippen LogP contribution in [0.2, 0.25) is 5.02 Å². The maximum Gasteiger partial charge on any atom is 0.405 e. The quantitative estimate of drug-likeness (QED) is 0.917. The zero-order valence-corrected chi connectivity index (χ0v) is 11.0. The average molecular weight is 281 g/mol. The molecule has 1 aromatic rings. The van der Waals surface area contributed by atoms with Crippen molar-refractivity contribution in [2.24, 2.45) is 5.73 Å². The van der Waals surface area contributed by atoms with E-state index in [2.05, 4.69) is 0 Å². The van der Waals surface area contributed by atoms with Crippen molar-refractivity contribution in [3.8, 4) is 0 Å². The largest absolute Gasteiger partial charge is 0.405 e. The Bertz CT molecular complexity index is 405. The van der Waals surface area contributed by atoms with Gasteiger partial charge in [0.2, 0.25) is 0 Å². The summed E-state index contributed by atoms with van der Waals surface area (Å²) < 4.78 is 37.2. The third-order valence-corrected chi connectivity index (χ3v) is 2.65. The number of hydrogen-bond donors (Lipinski definition) is 1. The summed E-state index contributed by atoms with van der Waals surface area (Å²) in [6.07, 6.45) is -3.74. The summed E-state index contributed by atoms with van der Waals surface area (Å²) in [6, 6.07) is 4.78. The Hall–Kier alpha value is -0.940. The molecule has 1 atom stereocenters. The highest BCUT2D eigenvalue weighted by Gasteiger charge is 2.30. The van der Waals surface area contributed by atoms with Gasteiger partial charge in [0.1, 0.15) is 6.54 Å². The molecule has 1 aromatic carbocycles. The van der Waals surface area contributed by atoms with E-state index in [1.54, 1.807) is 12.1 Å². The average Bonchev–Trinajstić information content (AvgIpc) is 2.17. The number of benzene rings is 1. The van der Waals surface area contributed by atoms with Crippen molar-refractivity contribution in [3.05, 3.63) is 28.8 Å². The van der Waals surface area contributed by atoms with Crippen molar-refractivity contribution >= 4 is 17.3 Å². The van der Waals surface area contributed by atoms with Crippen LogP contribution in [0.15, 0.2) is 18.2 Å². The minimum Gasteiger partial charge on any atom is -0.365 e. The number of nitrogens with zero attached hydrogens (tertiary/aromatic N) is 1. The van der Waals surface area contributed by atoms with Crippen molar-refractivity contribution in [2.75, 3.05) is 18.5 Å². The van der Waals surface area contributed by atoms with Gasteiger partial charge < -0.3 is 10.6 Å². The van der Waals surface area contributed by atoms with Gasteiger partial charge >= 0.3 is 6.18 Å². The third kappa shape index (κ3) is 4.74. The molecule has 0 aliphatic rings.